The van der Waals surface area contributed by atoms with Crippen LogP contribution < -0.4 is 16.4 Å². The van der Waals surface area contributed by atoms with Gasteiger partial charge in [0.2, 0.25) is 0 Å². The average molecular weight is 523 g/mol. The first-order chi connectivity index (χ1) is 18.9. The second-order valence-electron chi connectivity index (χ2n) is 10.0. The molecule has 39 heavy (non-hydrogen) atoms. The maximum absolute atomic E-state index is 15.6. The normalized spacial score (nSPS) is 14.4. The Hall–Kier alpha value is -4.93. The SMILES string of the molecule is C=C1c2ncc(-c3cc4cc(Nc5cc6n(n5)Cc5nccn5CC6)ncc4c(N)c3F)c(C)c2NCN1C. The molecule has 0 saturated carbocycles. The van der Waals surface area contributed by atoms with E-state index in [0.717, 1.165) is 52.5 Å². The molecule has 4 N–H and O–H groups in total. The molecule has 11 heteroatoms. The van der Waals surface area contributed by atoms with Crippen LogP contribution in [0.2, 0.25) is 0 Å². The fourth-order valence-corrected chi connectivity index (χ4v) is 5.40. The number of rotatable bonds is 3. The highest BCUT2D eigenvalue weighted by Gasteiger charge is 2.24. The van der Waals surface area contributed by atoms with Crippen molar-refractivity contribution in [2.45, 2.75) is 26.4 Å². The number of aromatic nitrogens is 6. The number of aryl methyl sites for hydroxylation is 2. The molecule has 0 spiro atoms. The van der Waals surface area contributed by atoms with Gasteiger partial charge in [-0.2, -0.15) is 5.10 Å². The van der Waals surface area contributed by atoms with Crippen molar-refractivity contribution in [1.82, 2.24) is 34.2 Å². The fourth-order valence-electron chi connectivity index (χ4n) is 5.40. The van der Waals surface area contributed by atoms with E-state index in [1.165, 1.54) is 0 Å². The predicted octanol–water partition coefficient (Wildman–Crippen LogP) is 4.35. The molecule has 0 atom stereocenters. The van der Waals surface area contributed by atoms with Crippen LogP contribution in [0.5, 0.6) is 0 Å². The maximum Gasteiger partial charge on any atom is 0.154 e. The molecule has 0 aliphatic carbocycles. The Morgan fingerprint density at radius 1 is 1.10 bits per heavy atom. The van der Waals surface area contributed by atoms with Gasteiger partial charge in [-0.25, -0.2) is 14.4 Å². The first kappa shape index (κ1) is 23.2. The molecule has 4 aromatic heterocycles. The molecule has 7 rings (SSSR count). The first-order valence-electron chi connectivity index (χ1n) is 12.7. The van der Waals surface area contributed by atoms with E-state index in [2.05, 4.69) is 36.7 Å². The van der Waals surface area contributed by atoms with Crippen molar-refractivity contribution in [3.05, 3.63) is 78.2 Å². The lowest BCUT2D eigenvalue weighted by atomic mass is 9.95. The minimum absolute atomic E-state index is 0.0555. The highest BCUT2D eigenvalue weighted by Crippen LogP contribution is 2.39. The van der Waals surface area contributed by atoms with E-state index in [1.54, 1.807) is 18.5 Å². The Kier molecular flexibility index (Phi) is 5.09. The maximum atomic E-state index is 15.6. The summed E-state index contributed by atoms with van der Waals surface area (Å²) in [5, 5.41) is 12.7. The Balaban J connectivity index is 1.25. The van der Waals surface area contributed by atoms with Crippen LogP contribution >= 0.6 is 0 Å². The third-order valence-electron chi connectivity index (χ3n) is 7.68. The number of nitrogen functional groups attached to an aromatic ring is 1. The lowest BCUT2D eigenvalue weighted by molar-refractivity contribution is 0.505. The number of benzene rings is 1. The Morgan fingerprint density at radius 3 is 2.85 bits per heavy atom. The number of nitrogens with zero attached hydrogens (tertiary/aromatic N) is 7. The van der Waals surface area contributed by atoms with Crippen molar-refractivity contribution in [1.29, 1.82) is 0 Å². The van der Waals surface area contributed by atoms with Gasteiger partial charge in [0.25, 0.3) is 0 Å². The molecule has 2 aliphatic rings. The van der Waals surface area contributed by atoms with E-state index in [-0.39, 0.29) is 5.69 Å². The number of hydrogen-bond acceptors (Lipinski definition) is 8. The van der Waals surface area contributed by atoms with Crippen molar-refractivity contribution >= 4 is 39.5 Å². The zero-order chi connectivity index (χ0) is 26.8. The largest absolute Gasteiger partial charge is 0.396 e. The lowest BCUT2D eigenvalue weighted by Crippen LogP contribution is -2.30. The van der Waals surface area contributed by atoms with Crippen LogP contribution in [0.25, 0.3) is 27.6 Å². The molecule has 2 aliphatic heterocycles. The van der Waals surface area contributed by atoms with Crippen LogP contribution in [0, 0.1) is 12.7 Å². The fraction of sp³-hybridized carbons (Fsp3) is 0.214. The number of pyridine rings is 2. The van der Waals surface area contributed by atoms with Crippen molar-refractivity contribution in [3.63, 3.8) is 0 Å². The number of nitrogens with one attached hydrogen (secondary N) is 2. The van der Waals surface area contributed by atoms with Crippen molar-refractivity contribution in [2.75, 3.05) is 30.1 Å². The Morgan fingerprint density at radius 2 is 1.97 bits per heavy atom. The van der Waals surface area contributed by atoms with Gasteiger partial charge in [0.05, 0.1) is 30.3 Å². The summed E-state index contributed by atoms with van der Waals surface area (Å²) < 4.78 is 19.7. The molecular formula is C28H27FN10. The van der Waals surface area contributed by atoms with Gasteiger partial charge in [-0.05, 0) is 30.0 Å². The van der Waals surface area contributed by atoms with E-state index in [1.807, 2.05) is 48.1 Å². The smallest absolute Gasteiger partial charge is 0.154 e. The zero-order valence-corrected chi connectivity index (χ0v) is 21.7. The zero-order valence-electron chi connectivity index (χ0n) is 21.7. The quantitative estimate of drug-likeness (QED) is 0.300. The number of fused-ring (bicyclic) bond motifs is 4. The van der Waals surface area contributed by atoms with Crippen LogP contribution in [-0.4, -0.2) is 47.9 Å². The highest BCUT2D eigenvalue weighted by atomic mass is 19.1. The second-order valence-corrected chi connectivity index (χ2v) is 10.0. The topological polar surface area (TPSA) is 115 Å². The van der Waals surface area contributed by atoms with Gasteiger partial charge in [0, 0.05) is 73.1 Å². The van der Waals surface area contributed by atoms with Crippen LogP contribution in [0.1, 0.15) is 22.8 Å². The molecule has 0 saturated heterocycles. The minimum atomic E-state index is -0.488. The number of halogens is 1. The molecule has 0 amide bonds. The van der Waals surface area contributed by atoms with Crippen LogP contribution in [0.3, 0.4) is 0 Å². The molecule has 6 heterocycles. The van der Waals surface area contributed by atoms with Gasteiger partial charge in [0.15, 0.2) is 11.6 Å². The van der Waals surface area contributed by atoms with Gasteiger partial charge >= 0.3 is 0 Å². The molecule has 0 unspecified atom stereocenters. The number of anilines is 4. The summed E-state index contributed by atoms with van der Waals surface area (Å²) in [4.78, 5) is 15.5. The van der Waals surface area contributed by atoms with Crippen molar-refractivity contribution in [3.8, 4) is 11.1 Å². The summed E-state index contributed by atoms with van der Waals surface area (Å²) in [5.41, 5.74) is 11.8. The van der Waals surface area contributed by atoms with Gasteiger partial charge in [-0.1, -0.05) is 6.58 Å². The van der Waals surface area contributed by atoms with Crippen molar-refractivity contribution in [2.24, 2.45) is 0 Å². The van der Waals surface area contributed by atoms with Crippen LogP contribution in [0.4, 0.5) is 27.4 Å². The Bertz CT molecular complexity index is 1800. The van der Waals surface area contributed by atoms with Crippen LogP contribution in [-0.2, 0) is 19.5 Å². The summed E-state index contributed by atoms with van der Waals surface area (Å²) in [6.07, 6.45) is 7.95. The highest BCUT2D eigenvalue weighted by molar-refractivity contribution is 5.99. The second kappa shape index (κ2) is 8.55. The molecule has 10 nitrogen and oxygen atoms in total. The molecule has 0 bridgehead atoms. The molecule has 1 aromatic carbocycles. The van der Waals surface area contributed by atoms with E-state index >= 15 is 4.39 Å². The van der Waals surface area contributed by atoms with E-state index in [4.69, 9.17) is 10.8 Å². The summed E-state index contributed by atoms with van der Waals surface area (Å²) in [5.74, 6) is 1.78. The van der Waals surface area contributed by atoms with E-state index in [0.29, 0.717) is 41.4 Å². The van der Waals surface area contributed by atoms with Gasteiger partial charge < -0.3 is 25.8 Å². The first-order valence-corrected chi connectivity index (χ1v) is 12.7. The van der Waals surface area contributed by atoms with Gasteiger partial charge in [-0.15, -0.1) is 0 Å². The third kappa shape index (κ3) is 3.69. The molecule has 0 fully saturated rings. The summed E-state index contributed by atoms with van der Waals surface area (Å²) in [6.45, 7) is 8.16. The Labute approximate surface area is 224 Å². The lowest BCUT2D eigenvalue weighted by Gasteiger charge is -2.31. The van der Waals surface area contributed by atoms with Crippen molar-refractivity contribution < 1.29 is 4.39 Å². The summed E-state index contributed by atoms with van der Waals surface area (Å²) in [6, 6.07) is 5.70. The summed E-state index contributed by atoms with van der Waals surface area (Å²) in [7, 11) is 1.95. The van der Waals surface area contributed by atoms with E-state index < -0.39 is 5.82 Å². The average Bonchev–Trinajstić information content (AvgIpc) is 3.50. The number of hydrogen-bond donors (Lipinski definition) is 3. The molecule has 5 aromatic rings. The molecule has 196 valence electrons. The van der Waals surface area contributed by atoms with Gasteiger partial charge in [0.1, 0.15) is 17.3 Å². The van der Waals surface area contributed by atoms with Crippen LogP contribution in [0.15, 0.2) is 49.6 Å². The van der Waals surface area contributed by atoms with Gasteiger partial charge in [-0.3, -0.25) is 9.67 Å². The number of imidazole rings is 1. The minimum Gasteiger partial charge on any atom is -0.396 e. The molecule has 0 radical (unpaired) electrons. The molecular weight excluding hydrogens is 495 g/mol. The summed E-state index contributed by atoms with van der Waals surface area (Å²) >= 11 is 0. The van der Waals surface area contributed by atoms with E-state index in [9.17, 15) is 0 Å². The standard InChI is InChI=1S/C28H27FN10/c1-15-20(11-33-28-16(2)37(3)14-34-27(15)28)19-8-17-9-22(32-12-21(17)26(30)25(19)29)35-23-10-18-4-6-38-7-5-31-24(38)13-39(18)36-23/h5,7-12,34H,2,4,6,13-14,30H2,1,3H3,(H,32,35,36). The monoisotopic (exact) mass is 522 g/mol. The predicted molar refractivity (Wildman–Crippen MR) is 150 cm³/mol. The third-order valence-corrected chi connectivity index (χ3v) is 7.68. The number of nitrogens with two attached hydrogens (primary N) is 1.